The van der Waals surface area contributed by atoms with Crippen LogP contribution < -0.4 is 0 Å². The Hall–Kier alpha value is -0.790. The average Bonchev–Trinajstić information content (AvgIpc) is 3.00. The lowest BCUT2D eigenvalue weighted by molar-refractivity contribution is -0.161. The van der Waals surface area contributed by atoms with Gasteiger partial charge in [-0.25, -0.2) is 0 Å². The molecule has 2 nitrogen and oxygen atoms in total. The maximum absolute atomic E-state index is 12.1. The van der Waals surface area contributed by atoms with E-state index in [-0.39, 0.29) is 11.4 Å². The molecule has 0 N–H and O–H groups in total. The predicted octanol–water partition coefficient (Wildman–Crippen LogP) is 3.08. The zero-order valence-electron chi connectivity index (χ0n) is 10.2. The van der Waals surface area contributed by atoms with Gasteiger partial charge in [0.2, 0.25) is 0 Å². The molecular weight excluding hydrogens is 200 g/mol. The van der Waals surface area contributed by atoms with Crippen molar-refractivity contribution in [3.63, 3.8) is 0 Å². The van der Waals surface area contributed by atoms with Gasteiger partial charge in [0.1, 0.15) is 0 Å². The van der Waals surface area contributed by atoms with Gasteiger partial charge in [0, 0.05) is 5.41 Å². The van der Waals surface area contributed by atoms with Crippen LogP contribution in [-0.2, 0) is 9.53 Å². The average molecular weight is 220 g/mol. The Labute approximate surface area is 97.1 Å². The van der Waals surface area contributed by atoms with E-state index in [1.54, 1.807) is 5.57 Å². The molecule has 3 aliphatic carbocycles. The van der Waals surface area contributed by atoms with Crippen LogP contribution in [0.25, 0.3) is 0 Å². The number of hydrogen-bond donors (Lipinski definition) is 0. The van der Waals surface area contributed by atoms with Crippen LogP contribution in [0.3, 0.4) is 0 Å². The summed E-state index contributed by atoms with van der Waals surface area (Å²) in [6, 6.07) is 0. The van der Waals surface area contributed by atoms with Crippen LogP contribution >= 0.6 is 0 Å². The summed E-state index contributed by atoms with van der Waals surface area (Å²) in [5, 5.41) is 0. The molecule has 0 amide bonds. The third kappa shape index (κ3) is 1.11. The van der Waals surface area contributed by atoms with Gasteiger partial charge in [0.05, 0.1) is 12.5 Å². The molecule has 0 aromatic heterocycles. The van der Waals surface area contributed by atoms with Crippen molar-refractivity contribution >= 4 is 5.97 Å². The van der Waals surface area contributed by atoms with E-state index in [0.717, 1.165) is 6.42 Å². The predicted molar refractivity (Wildman–Crippen MR) is 61.8 cm³/mol. The van der Waals surface area contributed by atoms with Crippen LogP contribution in [0.1, 0.15) is 45.4 Å². The Balaban J connectivity index is 1.93. The second kappa shape index (κ2) is 3.12. The maximum Gasteiger partial charge on any atom is 0.311 e. The Morgan fingerprint density at radius 2 is 2.25 bits per heavy atom. The lowest BCUT2D eigenvalue weighted by Gasteiger charge is -2.47. The highest BCUT2D eigenvalue weighted by atomic mass is 16.5. The van der Waals surface area contributed by atoms with Gasteiger partial charge in [-0.1, -0.05) is 18.1 Å². The molecule has 0 unspecified atom stereocenters. The van der Waals surface area contributed by atoms with Crippen LogP contribution in [0.4, 0.5) is 0 Å². The summed E-state index contributed by atoms with van der Waals surface area (Å²) in [4.78, 5) is 12.1. The third-order valence-electron chi connectivity index (χ3n) is 5.21. The minimum Gasteiger partial charge on any atom is -0.469 e. The van der Waals surface area contributed by atoms with Crippen molar-refractivity contribution in [3.8, 4) is 0 Å². The van der Waals surface area contributed by atoms with Gasteiger partial charge in [0.25, 0.3) is 0 Å². The largest absolute Gasteiger partial charge is 0.469 e. The first-order chi connectivity index (χ1) is 7.63. The molecule has 88 valence electrons. The SMILES string of the molecule is COC(=O)[C@]1(C)CCC[C@@]23C=C2CCC[C@H]13. The standard InChI is InChI=1S/C14H20O2/c1-13(12(15)16-2)7-4-8-14-9-10(14)5-3-6-11(13)14/h9,11H,3-8H2,1-2H3/t11-,13-,14-/m1/s1. The molecule has 2 fully saturated rings. The summed E-state index contributed by atoms with van der Waals surface area (Å²) in [5.41, 5.74) is 1.75. The highest BCUT2D eigenvalue weighted by Crippen LogP contribution is 2.68. The van der Waals surface area contributed by atoms with E-state index in [4.69, 9.17) is 4.74 Å². The lowest BCUT2D eigenvalue weighted by Crippen LogP contribution is -2.46. The van der Waals surface area contributed by atoms with Gasteiger partial charge >= 0.3 is 5.97 Å². The van der Waals surface area contributed by atoms with Crippen molar-refractivity contribution in [2.24, 2.45) is 16.7 Å². The smallest absolute Gasteiger partial charge is 0.311 e. The van der Waals surface area contributed by atoms with Crippen LogP contribution in [0, 0.1) is 16.7 Å². The van der Waals surface area contributed by atoms with Crippen molar-refractivity contribution in [2.45, 2.75) is 45.4 Å². The van der Waals surface area contributed by atoms with Crippen LogP contribution in [0.2, 0.25) is 0 Å². The number of allylic oxidation sites excluding steroid dienone is 2. The first-order valence-corrected chi connectivity index (χ1v) is 6.44. The Morgan fingerprint density at radius 1 is 1.44 bits per heavy atom. The quantitative estimate of drug-likeness (QED) is 0.501. The fourth-order valence-corrected chi connectivity index (χ4v) is 4.35. The summed E-state index contributed by atoms with van der Waals surface area (Å²) in [6.07, 6.45) is 9.63. The van der Waals surface area contributed by atoms with Gasteiger partial charge < -0.3 is 4.74 Å². The Morgan fingerprint density at radius 3 is 3.00 bits per heavy atom. The summed E-state index contributed by atoms with van der Waals surface area (Å²) < 4.78 is 5.04. The number of methoxy groups -OCH3 is 1. The second-order valence-corrected chi connectivity index (χ2v) is 5.92. The monoisotopic (exact) mass is 220 g/mol. The number of ether oxygens (including phenoxy) is 1. The minimum atomic E-state index is -0.230. The van der Waals surface area contributed by atoms with Crippen molar-refractivity contribution in [3.05, 3.63) is 11.6 Å². The summed E-state index contributed by atoms with van der Waals surface area (Å²) >= 11 is 0. The van der Waals surface area contributed by atoms with Crippen molar-refractivity contribution in [1.29, 1.82) is 0 Å². The molecule has 0 aliphatic heterocycles. The second-order valence-electron chi connectivity index (χ2n) is 5.92. The zero-order chi connectivity index (χ0) is 11.4. The maximum atomic E-state index is 12.1. The van der Waals surface area contributed by atoms with E-state index in [2.05, 4.69) is 13.0 Å². The molecule has 2 saturated carbocycles. The Bertz CT molecular complexity index is 371. The summed E-state index contributed by atoms with van der Waals surface area (Å²) in [5.74, 6) is 0.531. The normalized spacial score (nSPS) is 45.1. The topological polar surface area (TPSA) is 26.3 Å². The van der Waals surface area contributed by atoms with E-state index < -0.39 is 0 Å². The van der Waals surface area contributed by atoms with Crippen LogP contribution in [0.5, 0.6) is 0 Å². The van der Waals surface area contributed by atoms with Crippen molar-refractivity contribution < 1.29 is 9.53 Å². The molecule has 1 spiro atoms. The van der Waals surface area contributed by atoms with Crippen LogP contribution in [-0.4, -0.2) is 13.1 Å². The first-order valence-electron chi connectivity index (χ1n) is 6.44. The fourth-order valence-electron chi connectivity index (χ4n) is 4.35. The molecule has 0 aromatic carbocycles. The van der Waals surface area contributed by atoms with E-state index >= 15 is 0 Å². The fraction of sp³-hybridized carbons (Fsp3) is 0.786. The lowest BCUT2D eigenvalue weighted by atomic mass is 9.55. The van der Waals surface area contributed by atoms with Gasteiger partial charge in [-0.05, 0) is 44.9 Å². The molecule has 16 heavy (non-hydrogen) atoms. The highest BCUT2D eigenvalue weighted by Gasteiger charge is 2.61. The minimum absolute atomic E-state index is 0.0122. The summed E-state index contributed by atoms with van der Waals surface area (Å²) in [6.45, 7) is 2.12. The number of carbonyl (C=O) groups excluding carboxylic acids is 1. The highest BCUT2D eigenvalue weighted by molar-refractivity contribution is 5.77. The molecule has 3 aliphatic rings. The van der Waals surface area contributed by atoms with E-state index in [1.165, 1.54) is 39.2 Å². The molecule has 0 radical (unpaired) electrons. The van der Waals surface area contributed by atoms with Crippen molar-refractivity contribution in [2.75, 3.05) is 7.11 Å². The molecule has 2 heteroatoms. The molecule has 0 bridgehead atoms. The molecular formula is C14H20O2. The van der Waals surface area contributed by atoms with Gasteiger partial charge in [-0.15, -0.1) is 0 Å². The van der Waals surface area contributed by atoms with Crippen molar-refractivity contribution in [1.82, 2.24) is 0 Å². The molecule has 3 atom stereocenters. The molecule has 0 aromatic rings. The Kier molecular flexibility index (Phi) is 2.02. The molecule has 0 heterocycles. The van der Waals surface area contributed by atoms with Crippen LogP contribution in [0.15, 0.2) is 11.6 Å². The number of rotatable bonds is 1. The molecule has 3 rings (SSSR count). The van der Waals surface area contributed by atoms with Gasteiger partial charge in [-0.2, -0.15) is 0 Å². The number of carbonyl (C=O) groups is 1. The number of hydrogen-bond acceptors (Lipinski definition) is 2. The molecule has 0 saturated heterocycles. The first kappa shape index (κ1) is 10.4. The van der Waals surface area contributed by atoms with Gasteiger partial charge in [0.15, 0.2) is 0 Å². The zero-order valence-corrected chi connectivity index (χ0v) is 10.2. The number of esters is 1. The van der Waals surface area contributed by atoms with E-state index in [0.29, 0.717) is 11.3 Å². The van der Waals surface area contributed by atoms with E-state index in [1.807, 2.05) is 0 Å². The summed E-state index contributed by atoms with van der Waals surface area (Å²) in [7, 11) is 1.53. The van der Waals surface area contributed by atoms with Gasteiger partial charge in [-0.3, -0.25) is 4.79 Å². The van der Waals surface area contributed by atoms with E-state index in [9.17, 15) is 4.79 Å². The third-order valence-corrected chi connectivity index (χ3v) is 5.21.